The lowest BCUT2D eigenvalue weighted by atomic mass is 10.4. The first kappa shape index (κ1) is 10.5. The molecule has 0 aromatic carbocycles. The summed E-state index contributed by atoms with van der Waals surface area (Å²) in [6.45, 7) is -0.669. The highest BCUT2D eigenvalue weighted by Crippen LogP contribution is 2.38. The van der Waals surface area contributed by atoms with Gasteiger partial charge in [-0.1, -0.05) is 11.6 Å². The Bertz CT molecular complexity index is 358. The quantitative estimate of drug-likeness (QED) is 0.752. The Hall–Kier alpha value is -0.970. The molecule has 1 aromatic heterocycles. The Morgan fingerprint density at radius 3 is 2.80 bits per heavy atom. The maximum Gasteiger partial charge on any atom is 0.272 e. The van der Waals surface area contributed by atoms with Crippen LogP contribution >= 0.6 is 11.6 Å². The maximum absolute atomic E-state index is 11.9. The molecule has 1 aromatic rings. The molecule has 0 unspecified atom stereocenters. The molecule has 0 saturated heterocycles. The Kier molecular flexibility index (Phi) is 3.00. The van der Waals surface area contributed by atoms with Gasteiger partial charge in [0.1, 0.15) is 11.0 Å². The van der Waals surface area contributed by atoms with Crippen molar-refractivity contribution in [1.29, 1.82) is 0 Å². The zero-order valence-corrected chi connectivity index (χ0v) is 8.55. The number of hydrogen-bond acceptors (Lipinski definition) is 3. The van der Waals surface area contributed by atoms with Crippen LogP contribution in [0, 0.1) is 0 Å². The zero-order chi connectivity index (χ0) is 10.8. The molecule has 0 bridgehead atoms. The summed E-state index contributed by atoms with van der Waals surface area (Å²) in [6, 6.07) is 1.34. The zero-order valence-electron chi connectivity index (χ0n) is 7.79. The molecule has 1 aliphatic carbocycles. The molecule has 0 amide bonds. The van der Waals surface area contributed by atoms with Gasteiger partial charge >= 0.3 is 0 Å². The van der Waals surface area contributed by atoms with E-state index in [9.17, 15) is 8.78 Å². The molecule has 15 heavy (non-hydrogen) atoms. The minimum atomic E-state index is -2.51. The number of alkyl halides is 2. The van der Waals surface area contributed by atoms with Crippen molar-refractivity contribution in [1.82, 2.24) is 9.97 Å². The number of hydrogen-bond donors (Lipinski definition) is 0. The Labute approximate surface area is 90.4 Å². The minimum absolute atomic E-state index is 0.122. The number of ether oxygens (including phenoxy) is 1. The summed E-state index contributed by atoms with van der Waals surface area (Å²) < 4.78 is 28.6. The van der Waals surface area contributed by atoms with E-state index in [1.54, 1.807) is 0 Å². The first-order chi connectivity index (χ1) is 7.15. The lowest BCUT2D eigenvalue weighted by Crippen LogP contribution is -2.09. The van der Waals surface area contributed by atoms with Crippen LogP contribution in [0.2, 0.25) is 5.15 Å². The fraction of sp³-hybridized carbons (Fsp3) is 0.556. The molecule has 0 spiro atoms. The van der Waals surface area contributed by atoms with E-state index in [1.807, 2.05) is 0 Å². The fourth-order valence-corrected chi connectivity index (χ4v) is 1.34. The van der Waals surface area contributed by atoms with E-state index < -0.39 is 13.0 Å². The van der Waals surface area contributed by atoms with Crippen LogP contribution in [0.25, 0.3) is 0 Å². The molecule has 0 radical (unpaired) electrons. The monoisotopic (exact) mass is 234 g/mol. The summed E-state index contributed by atoms with van der Waals surface area (Å²) in [5, 5.41) is 0.233. The van der Waals surface area contributed by atoms with Crippen molar-refractivity contribution in [3.05, 3.63) is 17.0 Å². The lowest BCUT2D eigenvalue weighted by Gasteiger charge is -2.06. The van der Waals surface area contributed by atoms with E-state index in [0.717, 1.165) is 12.8 Å². The van der Waals surface area contributed by atoms with Crippen molar-refractivity contribution < 1.29 is 13.5 Å². The molecule has 0 atom stereocenters. The van der Waals surface area contributed by atoms with Crippen molar-refractivity contribution in [2.75, 3.05) is 6.61 Å². The van der Waals surface area contributed by atoms with Crippen LogP contribution in [0.5, 0.6) is 5.88 Å². The van der Waals surface area contributed by atoms with E-state index >= 15 is 0 Å². The molecule has 1 heterocycles. The van der Waals surface area contributed by atoms with E-state index in [4.69, 9.17) is 16.3 Å². The first-order valence-corrected chi connectivity index (χ1v) is 4.98. The van der Waals surface area contributed by atoms with Crippen LogP contribution in [0.4, 0.5) is 8.78 Å². The number of aromatic nitrogens is 2. The van der Waals surface area contributed by atoms with Crippen LogP contribution in [0.1, 0.15) is 24.6 Å². The molecule has 0 aliphatic heterocycles. The molecule has 6 heteroatoms. The van der Waals surface area contributed by atoms with Crippen LogP contribution in [0.15, 0.2) is 6.07 Å². The molecular formula is C9H9ClF2N2O. The van der Waals surface area contributed by atoms with Gasteiger partial charge in [0.05, 0.1) is 0 Å². The van der Waals surface area contributed by atoms with Gasteiger partial charge in [-0.2, -0.15) is 4.98 Å². The van der Waals surface area contributed by atoms with Gasteiger partial charge in [-0.3, -0.25) is 0 Å². The van der Waals surface area contributed by atoms with Crippen molar-refractivity contribution >= 4 is 11.6 Å². The van der Waals surface area contributed by atoms with Crippen LogP contribution < -0.4 is 4.74 Å². The Morgan fingerprint density at radius 2 is 2.20 bits per heavy atom. The van der Waals surface area contributed by atoms with Crippen molar-refractivity contribution in [2.24, 2.45) is 0 Å². The first-order valence-electron chi connectivity index (χ1n) is 4.60. The van der Waals surface area contributed by atoms with Gasteiger partial charge in [0.15, 0.2) is 6.61 Å². The smallest absolute Gasteiger partial charge is 0.272 e. The highest BCUT2D eigenvalue weighted by atomic mass is 35.5. The van der Waals surface area contributed by atoms with Crippen molar-refractivity contribution in [2.45, 2.75) is 25.2 Å². The third-order valence-electron chi connectivity index (χ3n) is 1.99. The van der Waals surface area contributed by atoms with Crippen molar-refractivity contribution in [3.63, 3.8) is 0 Å². The van der Waals surface area contributed by atoms with Crippen molar-refractivity contribution in [3.8, 4) is 5.88 Å². The largest absolute Gasteiger partial charge is 0.471 e. The maximum atomic E-state index is 11.9. The third-order valence-corrected chi connectivity index (χ3v) is 2.18. The van der Waals surface area contributed by atoms with Gasteiger partial charge in [0.2, 0.25) is 5.88 Å². The summed E-state index contributed by atoms with van der Waals surface area (Å²) in [6.07, 6.45) is -0.466. The molecule has 0 N–H and O–H groups in total. The van der Waals surface area contributed by atoms with Gasteiger partial charge < -0.3 is 4.74 Å². The standard InChI is InChI=1S/C9H9ClF2N2O/c10-6-3-8(15-4-7(11)12)14-9(13-6)5-1-2-5/h3,5,7H,1-2,4H2. The van der Waals surface area contributed by atoms with E-state index in [2.05, 4.69) is 9.97 Å². The van der Waals surface area contributed by atoms with E-state index in [0.29, 0.717) is 11.7 Å². The fourth-order valence-electron chi connectivity index (χ4n) is 1.16. The normalized spacial score (nSPS) is 15.7. The van der Waals surface area contributed by atoms with Gasteiger partial charge in [0, 0.05) is 12.0 Å². The SMILES string of the molecule is FC(F)COc1cc(Cl)nc(C2CC2)n1. The predicted octanol–water partition coefficient (Wildman–Crippen LogP) is 2.65. The van der Waals surface area contributed by atoms with Gasteiger partial charge in [-0.05, 0) is 12.8 Å². The van der Waals surface area contributed by atoms with Crippen LogP contribution in [-0.4, -0.2) is 23.0 Å². The molecule has 1 aliphatic rings. The average molecular weight is 235 g/mol. The predicted molar refractivity (Wildman–Crippen MR) is 50.5 cm³/mol. The lowest BCUT2D eigenvalue weighted by molar-refractivity contribution is 0.0794. The number of nitrogens with zero attached hydrogens (tertiary/aromatic N) is 2. The molecular weight excluding hydrogens is 226 g/mol. The Morgan fingerprint density at radius 1 is 1.47 bits per heavy atom. The summed E-state index contributed by atoms with van der Waals surface area (Å²) in [7, 11) is 0. The average Bonchev–Trinajstić information content (AvgIpc) is 2.97. The van der Waals surface area contributed by atoms with Gasteiger partial charge in [0.25, 0.3) is 6.43 Å². The second kappa shape index (κ2) is 4.26. The molecule has 2 rings (SSSR count). The van der Waals surface area contributed by atoms with Gasteiger partial charge in [-0.25, -0.2) is 13.8 Å². The second-order valence-electron chi connectivity index (χ2n) is 3.36. The topological polar surface area (TPSA) is 35.0 Å². The third kappa shape index (κ3) is 2.99. The van der Waals surface area contributed by atoms with Gasteiger partial charge in [-0.15, -0.1) is 0 Å². The van der Waals surface area contributed by atoms with E-state index in [-0.39, 0.29) is 11.0 Å². The summed E-state index contributed by atoms with van der Waals surface area (Å²) in [4.78, 5) is 8.03. The molecule has 82 valence electrons. The highest BCUT2D eigenvalue weighted by molar-refractivity contribution is 6.29. The van der Waals surface area contributed by atoms with Crippen LogP contribution in [0.3, 0.4) is 0 Å². The molecule has 1 saturated carbocycles. The highest BCUT2D eigenvalue weighted by Gasteiger charge is 2.27. The summed E-state index contributed by atoms with van der Waals surface area (Å²) in [5.74, 6) is 1.03. The second-order valence-corrected chi connectivity index (χ2v) is 3.75. The van der Waals surface area contributed by atoms with E-state index in [1.165, 1.54) is 6.07 Å². The molecule has 3 nitrogen and oxygen atoms in total. The minimum Gasteiger partial charge on any atom is -0.471 e. The summed E-state index contributed by atoms with van der Waals surface area (Å²) in [5.41, 5.74) is 0. The molecule has 1 fully saturated rings. The number of halogens is 3. The van der Waals surface area contributed by atoms with Crippen LogP contribution in [-0.2, 0) is 0 Å². The summed E-state index contributed by atoms with van der Waals surface area (Å²) >= 11 is 5.72. The number of rotatable bonds is 4. The Balaban J connectivity index is 2.09.